The maximum absolute atomic E-state index is 5.75. The molecule has 2 rings (SSSR count). The number of ether oxygens (including phenoxy) is 1. The lowest BCUT2D eigenvalue weighted by Gasteiger charge is -2.33. The van der Waals surface area contributed by atoms with Crippen molar-refractivity contribution in [2.75, 3.05) is 13.7 Å². The molecule has 1 aliphatic carbocycles. The minimum atomic E-state index is 0.148. The van der Waals surface area contributed by atoms with Crippen LogP contribution in [0.25, 0.3) is 0 Å². The van der Waals surface area contributed by atoms with E-state index in [9.17, 15) is 0 Å². The first-order valence-corrected chi connectivity index (χ1v) is 6.15. The number of hydrogen-bond acceptors (Lipinski definition) is 3. The minimum Gasteiger partial charge on any atom is -0.376 e. The maximum Gasteiger partial charge on any atom is 0.0924 e. The molecule has 1 saturated carbocycles. The first-order valence-electron chi connectivity index (χ1n) is 5.21. The van der Waals surface area contributed by atoms with Gasteiger partial charge >= 0.3 is 0 Å². The molecule has 2 unspecified atom stereocenters. The summed E-state index contributed by atoms with van der Waals surface area (Å²) in [5, 5.41) is 4.86. The normalized spacial score (nSPS) is 38.3. The van der Waals surface area contributed by atoms with Crippen LogP contribution >= 0.6 is 11.8 Å². The fourth-order valence-corrected chi connectivity index (χ4v) is 3.89. The number of methoxy groups -OCH3 is 1. The van der Waals surface area contributed by atoms with Crippen molar-refractivity contribution < 1.29 is 4.74 Å². The molecule has 2 atom stereocenters. The van der Waals surface area contributed by atoms with Crippen molar-refractivity contribution >= 4 is 11.8 Å². The van der Waals surface area contributed by atoms with E-state index in [-0.39, 0.29) is 5.60 Å². The van der Waals surface area contributed by atoms with Gasteiger partial charge in [0.15, 0.2) is 0 Å². The van der Waals surface area contributed by atoms with Crippen LogP contribution in [0.1, 0.15) is 32.6 Å². The quantitative estimate of drug-likeness (QED) is 0.738. The van der Waals surface area contributed by atoms with Crippen LogP contribution in [-0.2, 0) is 4.74 Å². The van der Waals surface area contributed by atoms with Gasteiger partial charge in [-0.25, -0.2) is 0 Å². The Bertz CT molecular complexity index is 180. The van der Waals surface area contributed by atoms with Crippen LogP contribution in [0.15, 0.2) is 0 Å². The molecule has 0 amide bonds. The summed E-state index contributed by atoms with van der Waals surface area (Å²) in [7, 11) is 1.87. The van der Waals surface area contributed by atoms with Crippen LogP contribution in [0.3, 0.4) is 0 Å². The van der Waals surface area contributed by atoms with E-state index < -0.39 is 0 Å². The molecular weight excluding hydrogens is 182 g/mol. The molecule has 2 fully saturated rings. The van der Waals surface area contributed by atoms with E-state index in [0.29, 0.717) is 5.37 Å². The SMILES string of the molecule is COC1(C2NCC(C)S2)CCCC1. The molecule has 2 nitrogen and oxygen atoms in total. The molecule has 3 heteroatoms. The molecule has 0 radical (unpaired) electrons. The number of nitrogens with one attached hydrogen (secondary N) is 1. The first kappa shape index (κ1) is 9.81. The average molecular weight is 201 g/mol. The zero-order chi connectivity index (χ0) is 9.31. The third-order valence-corrected chi connectivity index (χ3v) is 4.79. The van der Waals surface area contributed by atoms with Crippen molar-refractivity contribution in [3.05, 3.63) is 0 Å². The van der Waals surface area contributed by atoms with Gasteiger partial charge in [-0.3, -0.25) is 0 Å². The van der Waals surface area contributed by atoms with Crippen LogP contribution < -0.4 is 5.32 Å². The second-order valence-corrected chi connectivity index (χ2v) is 5.76. The third-order valence-electron chi connectivity index (χ3n) is 3.29. The second kappa shape index (κ2) is 3.79. The van der Waals surface area contributed by atoms with Gasteiger partial charge < -0.3 is 10.1 Å². The first-order chi connectivity index (χ1) is 6.27. The smallest absolute Gasteiger partial charge is 0.0924 e. The number of hydrogen-bond donors (Lipinski definition) is 1. The number of rotatable bonds is 2. The molecule has 1 N–H and O–H groups in total. The Morgan fingerprint density at radius 3 is 2.54 bits per heavy atom. The fourth-order valence-electron chi connectivity index (χ4n) is 2.46. The van der Waals surface area contributed by atoms with Crippen molar-refractivity contribution in [1.29, 1.82) is 0 Å². The lowest BCUT2D eigenvalue weighted by molar-refractivity contribution is -0.0106. The van der Waals surface area contributed by atoms with Gasteiger partial charge in [0.2, 0.25) is 0 Å². The minimum absolute atomic E-state index is 0.148. The van der Waals surface area contributed by atoms with E-state index in [1.165, 1.54) is 25.7 Å². The Morgan fingerprint density at radius 1 is 1.38 bits per heavy atom. The van der Waals surface area contributed by atoms with Gasteiger partial charge in [-0.1, -0.05) is 19.8 Å². The summed E-state index contributed by atoms with van der Waals surface area (Å²) in [6.45, 7) is 3.43. The average Bonchev–Trinajstić information content (AvgIpc) is 2.73. The monoisotopic (exact) mass is 201 g/mol. The van der Waals surface area contributed by atoms with Crippen molar-refractivity contribution in [1.82, 2.24) is 5.32 Å². The van der Waals surface area contributed by atoms with E-state index in [1.54, 1.807) is 0 Å². The molecule has 1 saturated heterocycles. The summed E-state index contributed by atoms with van der Waals surface area (Å²) < 4.78 is 5.75. The third kappa shape index (κ3) is 1.74. The van der Waals surface area contributed by atoms with Crippen LogP contribution in [0.5, 0.6) is 0 Å². The zero-order valence-corrected chi connectivity index (χ0v) is 9.32. The summed E-state index contributed by atoms with van der Waals surface area (Å²) in [6.07, 6.45) is 5.14. The highest BCUT2D eigenvalue weighted by Crippen LogP contribution is 2.42. The van der Waals surface area contributed by atoms with E-state index in [1.807, 2.05) is 7.11 Å². The van der Waals surface area contributed by atoms with Gasteiger partial charge in [0.25, 0.3) is 0 Å². The zero-order valence-electron chi connectivity index (χ0n) is 8.51. The van der Waals surface area contributed by atoms with Crippen LogP contribution in [0.2, 0.25) is 0 Å². The molecule has 2 aliphatic rings. The molecule has 1 heterocycles. The summed E-state index contributed by atoms with van der Waals surface area (Å²) in [6, 6.07) is 0. The van der Waals surface area contributed by atoms with Crippen molar-refractivity contribution in [2.24, 2.45) is 0 Å². The lowest BCUT2D eigenvalue weighted by Crippen LogP contribution is -2.45. The molecule has 0 aromatic rings. The van der Waals surface area contributed by atoms with Crippen molar-refractivity contribution in [3.63, 3.8) is 0 Å². The summed E-state index contributed by atoms with van der Waals surface area (Å²) in [5.74, 6) is 0. The molecule has 1 aliphatic heterocycles. The van der Waals surface area contributed by atoms with Crippen molar-refractivity contribution in [2.45, 2.75) is 48.8 Å². The second-order valence-electron chi connectivity index (χ2n) is 4.21. The Hall–Kier alpha value is 0.270. The van der Waals surface area contributed by atoms with Gasteiger partial charge in [-0.2, -0.15) is 0 Å². The molecule has 0 spiro atoms. The molecule has 76 valence electrons. The highest BCUT2D eigenvalue weighted by atomic mass is 32.2. The van der Waals surface area contributed by atoms with E-state index in [0.717, 1.165) is 11.8 Å². The van der Waals surface area contributed by atoms with Gasteiger partial charge in [-0.05, 0) is 12.8 Å². The molecule has 0 aromatic carbocycles. The Balaban J connectivity index is 2.03. The van der Waals surface area contributed by atoms with E-state index in [4.69, 9.17) is 4.74 Å². The van der Waals surface area contributed by atoms with Gasteiger partial charge in [0.1, 0.15) is 0 Å². The van der Waals surface area contributed by atoms with Crippen molar-refractivity contribution in [3.8, 4) is 0 Å². The van der Waals surface area contributed by atoms with Gasteiger partial charge in [0, 0.05) is 18.9 Å². The fraction of sp³-hybridized carbons (Fsp3) is 1.00. The van der Waals surface area contributed by atoms with Gasteiger partial charge in [-0.15, -0.1) is 11.8 Å². The molecular formula is C10H19NOS. The highest BCUT2D eigenvalue weighted by molar-refractivity contribution is 8.00. The highest BCUT2D eigenvalue weighted by Gasteiger charge is 2.44. The Kier molecular flexibility index (Phi) is 2.86. The standard InChI is InChI=1S/C10H19NOS/c1-8-7-11-9(13-8)10(12-2)5-3-4-6-10/h8-9,11H,3-7H2,1-2H3. The maximum atomic E-state index is 5.75. The lowest BCUT2D eigenvalue weighted by atomic mass is 10.0. The molecule has 0 aromatic heterocycles. The van der Waals surface area contributed by atoms with Gasteiger partial charge in [0.05, 0.1) is 11.0 Å². The van der Waals surface area contributed by atoms with E-state index >= 15 is 0 Å². The molecule has 0 bridgehead atoms. The van der Waals surface area contributed by atoms with E-state index in [2.05, 4.69) is 24.0 Å². The van der Waals surface area contributed by atoms with Crippen LogP contribution in [-0.4, -0.2) is 29.9 Å². The predicted octanol–water partition coefficient (Wildman–Crippen LogP) is 2.00. The summed E-state index contributed by atoms with van der Waals surface area (Å²) in [4.78, 5) is 0. The summed E-state index contributed by atoms with van der Waals surface area (Å²) in [5.41, 5.74) is 0.148. The Morgan fingerprint density at radius 2 is 2.08 bits per heavy atom. The largest absolute Gasteiger partial charge is 0.376 e. The van der Waals surface area contributed by atoms with Crippen LogP contribution in [0, 0.1) is 0 Å². The Labute approximate surface area is 84.8 Å². The summed E-state index contributed by atoms with van der Waals surface area (Å²) >= 11 is 2.05. The molecule has 13 heavy (non-hydrogen) atoms. The topological polar surface area (TPSA) is 21.3 Å². The van der Waals surface area contributed by atoms with Crippen LogP contribution in [0.4, 0.5) is 0 Å². The predicted molar refractivity (Wildman–Crippen MR) is 57.1 cm³/mol. The number of thioether (sulfide) groups is 1.